The Balaban J connectivity index is 2.13. The highest BCUT2D eigenvalue weighted by atomic mass is 79.9. The van der Waals surface area contributed by atoms with Gasteiger partial charge in [0.25, 0.3) is 0 Å². The van der Waals surface area contributed by atoms with Crippen LogP contribution in [0.4, 0.5) is 4.39 Å². The van der Waals surface area contributed by atoms with Gasteiger partial charge in [-0.05, 0) is 17.7 Å². The fourth-order valence-corrected chi connectivity index (χ4v) is 2.12. The third-order valence-electron chi connectivity index (χ3n) is 2.28. The summed E-state index contributed by atoms with van der Waals surface area (Å²) in [4.78, 5) is 0. The molecule has 0 aliphatic rings. The zero-order valence-corrected chi connectivity index (χ0v) is 11.2. The van der Waals surface area contributed by atoms with E-state index in [4.69, 9.17) is 11.6 Å². The van der Waals surface area contributed by atoms with Crippen molar-refractivity contribution in [3.8, 4) is 0 Å². The van der Waals surface area contributed by atoms with Crippen molar-refractivity contribution in [3.63, 3.8) is 0 Å². The molecule has 0 spiro atoms. The first-order chi connectivity index (χ1) is 8.19. The molecule has 0 fully saturated rings. The van der Waals surface area contributed by atoms with Crippen LogP contribution >= 0.6 is 27.5 Å². The van der Waals surface area contributed by atoms with Crippen LogP contribution in [-0.2, 0) is 13.0 Å². The largest absolute Gasteiger partial charge is 0.248 e. The van der Waals surface area contributed by atoms with Gasteiger partial charge in [-0.2, -0.15) is 0 Å². The zero-order valence-electron chi connectivity index (χ0n) is 8.91. The molecule has 0 atom stereocenters. The molecule has 2 rings (SSSR count). The number of halogens is 3. The van der Waals surface area contributed by atoms with Gasteiger partial charge < -0.3 is 0 Å². The topological polar surface area (TPSA) is 30.7 Å². The number of aromatic nitrogens is 3. The second-order valence-corrected chi connectivity index (χ2v) is 4.81. The van der Waals surface area contributed by atoms with Crippen molar-refractivity contribution in [2.45, 2.75) is 13.0 Å². The molecule has 0 radical (unpaired) electrons. The van der Waals surface area contributed by atoms with Crippen LogP contribution in [0.1, 0.15) is 11.3 Å². The van der Waals surface area contributed by atoms with Gasteiger partial charge in [0.05, 0.1) is 12.2 Å². The van der Waals surface area contributed by atoms with E-state index < -0.39 is 0 Å². The third-order valence-corrected chi connectivity index (χ3v) is 3.21. The average molecular weight is 319 g/mol. The Morgan fingerprint density at radius 2 is 2.24 bits per heavy atom. The molecule has 90 valence electrons. The fourth-order valence-electron chi connectivity index (χ4n) is 1.45. The Morgan fingerprint density at radius 3 is 2.94 bits per heavy atom. The van der Waals surface area contributed by atoms with Crippen LogP contribution in [-0.4, -0.2) is 20.9 Å². The van der Waals surface area contributed by atoms with E-state index in [0.29, 0.717) is 18.8 Å². The van der Waals surface area contributed by atoms with Crippen LogP contribution in [0.15, 0.2) is 28.9 Å². The second-order valence-electron chi connectivity index (χ2n) is 3.58. The van der Waals surface area contributed by atoms with Crippen LogP contribution in [0.3, 0.4) is 0 Å². The molecule has 0 amide bonds. The lowest BCUT2D eigenvalue weighted by molar-refractivity contribution is 0.619. The summed E-state index contributed by atoms with van der Waals surface area (Å²) in [5, 5.41) is 7.98. The maximum absolute atomic E-state index is 12.9. The Labute approximate surface area is 112 Å². The van der Waals surface area contributed by atoms with E-state index in [1.54, 1.807) is 10.7 Å². The fraction of sp³-hybridized carbons (Fsp3) is 0.273. The smallest absolute Gasteiger partial charge is 0.124 e. The second kappa shape index (κ2) is 5.60. The molecule has 0 saturated carbocycles. The summed E-state index contributed by atoms with van der Waals surface area (Å²) in [6, 6.07) is 4.59. The maximum Gasteiger partial charge on any atom is 0.124 e. The molecular formula is C11H10BrClFN3. The van der Waals surface area contributed by atoms with Gasteiger partial charge in [0.2, 0.25) is 0 Å². The molecule has 0 unspecified atom stereocenters. The molecule has 3 nitrogen and oxygen atoms in total. The van der Waals surface area contributed by atoms with Crippen LogP contribution in [0, 0.1) is 5.82 Å². The Hall–Kier alpha value is -0.940. The van der Waals surface area contributed by atoms with Gasteiger partial charge in [-0.15, -0.1) is 16.7 Å². The minimum atomic E-state index is -0.262. The van der Waals surface area contributed by atoms with Gasteiger partial charge in [0.15, 0.2) is 0 Å². The van der Waals surface area contributed by atoms with Crippen molar-refractivity contribution in [2.75, 3.05) is 5.88 Å². The lowest BCUT2D eigenvalue weighted by atomic mass is 10.2. The van der Waals surface area contributed by atoms with E-state index in [0.717, 1.165) is 15.7 Å². The van der Waals surface area contributed by atoms with E-state index in [-0.39, 0.29) is 5.82 Å². The summed E-state index contributed by atoms with van der Waals surface area (Å²) >= 11 is 8.94. The lowest BCUT2D eigenvalue weighted by Gasteiger charge is -2.03. The molecule has 0 aliphatic carbocycles. The lowest BCUT2D eigenvalue weighted by Crippen LogP contribution is -2.01. The van der Waals surface area contributed by atoms with Crippen LogP contribution in [0.25, 0.3) is 0 Å². The predicted octanol–water partition coefficient (Wildman–Crippen LogP) is 3.01. The molecule has 0 N–H and O–H groups in total. The summed E-state index contributed by atoms with van der Waals surface area (Å²) in [6.45, 7) is 0.552. The van der Waals surface area contributed by atoms with Crippen molar-refractivity contribution in [2.24, 2.45) is 0 Å². The number of aryl methyl sites for hydroxylation is 1. The zero-order chi connectivity index (χ0) is 12.3. The molecule has 0 bridgehead atoms. The number of nitrogens with zero attached hydrogens (tertiary/aromatic N) is 3. The quantitative estimate of drug-likeness (QED) is 0.811. The van der Waals surface area contributed by atoms with Crippen molar-refractivity contribution in [1.82, 2.24) is 15.0 Å². The van der Waals surface area contributed by atoms with Crippen molar-refractivity contribution in [1.29, 1.82) is 0 Å². The van der Waals surface area contributed by atoms with E-state index in [1.165, 1.54) is 12.1 Å². The average Bonchev–Trinajstić information content (AvgIpc) is 2.71. The highest BCUT2D eigenvalue weighted by molar-refractivity contribution is 9.10. The van der Waals surface area contributed by atoms with Gasteiger partial charge in [0.1, 0.15) is 5.82 Å². The van der Waals surface area contributed by atoms with Gasteiger partial charge in [0, 0.05) is 23.0 Å². The molecule has 2 aromatic rings. The highest BCUT2D eigenvalue weighted by Gasteiger charge is 2.05. The van der Waals surface area contributed by atoms with E-state index in [9.17, 15) is 4.39 Å². The Bertz CT molecular complexity index is 515. The minimum absolute atomic E-state index is 0.262. The molecule has 1 aromatic heterocycles. The first-order valence-corrected chi connectivity index (χ1v) is 6.40. The first-order valence-electron chi connectivity index (χ1n) is 5.08. The SMILES string of the molecule is Fc1ccc(Cn2cc(CCCl)nn2)c(Br)c1. The van der Waals surface area contributed by atoms with Gasteiger partial charge in [-0.3, -0.25) is 0 Å². The van der Waals surface area contributed by atoms with Crippen LogP contribution in [0.5, 0.6) is 0 Å². The molecule has 6 heteroatoms. The van der Waals surface area contributed by atoms with Crippen LogP contribution < -0.4 is 0 Å². The Morgan fingerprint density at radius 1 is 1.41 bits per heavy atom. The predicted molar refractivity (Wildman–Crippen MR) is 67.6 cm³/mol. The Kier molecular flexibility index (Phi) is 4.12. The molecule has 1 heterocycles. The van der Waals surface area contributed by atoms with E-state index >= 15 is 0 Å². The summed E-state index contributed by atoms with van der Waals surface area (Å²) in [5.74, 6) is 0.265. The maximum atomic E-state index is 12.9. The van der Waals surface area contributed by atoms with E-state index in [2.05, 4.69) is 26.2 Å². The molecule has 17 heavy (non-hydrogen) atoms. The molecule has 1 aromatic carbocycles. The third kappa shape index (κ3) is 3.26. The van der Waals surface area contributed by atoms with E-state index in [1.807, 2.05) is 6.20 Å². The molecule has 0 aliphatic heterocycles. The summed E-state index contributed by atoms with van der Waals surface area (Å²) in [5.41, 5.74) is 1.81. The van der Waals surface area contributed by atoms with Crippen molar-refractivity contribution in [3.05, 3.63) is 45.9 Å². The first kappa shape index (κ1) is 12.5. The number of hydrogen-bond donors (Lipinski definition) is 0. The normalized spacial score (nSPS) is 10.8. The number of hydrogen-bond acceptors (Lipinski definition) is 2. The van der Waals surface area contributed by atoms with Crippen LogP contribution in [0.2, 0.25) is 0 Å². The minimum Gasteiger partial charge on any atom is -0.248 e. The number of rotatable bonds is 4. The van der Waals surface area contributed by atoms with Crippen molar-refractivity contribution >= 4 is 27.5 Å². The highest BCUT2D eigenvalue weighted by Crippen LogP contribution is 2.18. The molecule has 0 saturated heterocycles. The van der Waals surface area contributed by atoms with Gasteiger partial charge in [-0.1, -0.05) is 27.2 Å². The molecular weight excluding hydrogens is 308 g/mol. The monoisotopic (exact) mass is 317 g/mol. The number of alkyl halides is 1. The summed E-state index contributed by atoms with van der Waals surface area (Å²) < 4.78 is 15.3. The van der Waals surface area contributed by atoms with Gasteiger partial charge >= 0.3 is 0 Å². The van der Waals surface area contributed by atoms with Gasteiger partial charge in [-0.25, -0.2) is 9.07 Å². The standard InChI is InChI=1S/C11H10BrClFN3/c12-11-5-9(14)2-1-8(11)6-17-7-10(3-4-13)15-16-17/h1-2,5,7H,3-4,6H2. The summed E-state index contributed by atoms with van der Waals surface area (Å²) in [7, 11) is 0. The van der Waals surface area contributed by atoms with Crippen molar-refractivity contribution < 1.29 is 4.39 Å². The summed E-state index contributed by atoms with van der Waals surface area (Å²) in [6.07, 6.45) is 2.55. The number of benzene rings is 1.